The molecule has 0 spiro atoms. The van der Waals surface area contributed by atoms with Gasteiger partial charge >= 0.3 is 0 Å². The lowest BCUT2D eigenvalue weighted by atomic mass is 10.1. The third-order valence-electron chi connectivity index (χ3n) is 3.40. The summed E-state index contributed by atoms with van der Waals surface area (Å²) in [6.07, 6.45) is 1.73. The van der Waals surface area contributed by atoms with Crippen LogP contribution >= 0.6 is 11.3 Å². The van der Waals surface area contributed by atoms with Crippen LogP contribution in [-0.4, -0.2) is 9.97 Å². The molecule has 0 unspecified atom stereocenters. The van der Waals surface area contributed by atoms with Crippen molar-refractivity contribution in [3.63, 3.8) is 0 Å². The number of azo groups is 1. The summed E-state index contributed by atoms with van der Waals surface area (Å²) in [5.41, 5.74) is 3.96. The van der Waals surface area contributed by atoms with E-state index >= 15 is 0 Å². The average molecular weight is 304 g/mol. The van der Waals surface area contributed by atoms with Gasteiger partial charge in [0.05, 0.1) is 5.69 Å². The molecule has 4 nitrogen and oxygen atoms in total. The number of hydrogen-bond acceptors (Lipinski definition) is 4. The highest BCUT2D eigenvalue weighted by Crippen LogP contribution is 2.38. The topological polar surface area (TPSA) is 53.4 Å². The highest BCUT2D eigenvalue weighted by atomic mass is 32.1. The molecule has 0 aliphatic carbocycles. The summed E-state index contributed by atoms with van der Waals surface area (Å²) in [7, 11) is 0. The molecule has 0 aliphatic heterocycles. The van der Waals surface area contributed by atoms with Crippen molar-refractivity contribution >= 4 is 33.1 Å². The molecule has 106 valence electrons. The van der Waals surface area contributed by atoms with E-state index in [0.29, 0.717) is 5.13 Å². The SMILES string of the molecule is c1ccc(-c2[nH]c3ccccc3c2N=Nc2nccs2)cc1. The van der Waals surface area contributed by atoms with Gasteiger partial charge in [-0.05, 0) is 6.07 Å². The largest absolute Gasteiger partial charge is 0.353 e. The van der Waals surface area contributed by atoms with Gasteiger partial charge in [-0.1, -0.05) is 48.5 Å². The quantitative estimate of drug-likeness (QED) is 0.484. The number of hydrogen-bond donors (Lipinski definition) is 1. The van der Waals surface area contributed by atoms with E-state index in [4.69, 9.17) is 0 Å². The molecular weight excluding hydrogens is 292 g/mol. The first-order valence-electron chi connectivity index (χ1n) is 6.89. The third kappa shape index (κ3) is 2.31. The normalized spacial score (nSPS) is 11.5. The van der Waals surface area contributed by atoms with E-state index in [0.717, 1.165) is 27.8 Å². The second kappa shape index (κ2) is 5.54. The van der Waals surface area contributed by atoms with Gasteiger partial charge in [0.15, 0.2) is 0 Å². The molecular formula is C17H12N4S. The van der Waals surface area contributed by atoms with Gasteiger partial charge < -0.3 is 4.98 Å². The predicted octanol–water partition coefficient (Wildman–Crippen LogP) is 5.71. The van der Waals surface area contributed by atoms with Crippen LogP contribution in [0.3, 0.4) is 0 Å². The minimum Gasteiger partial charge on any atom is -0.353 e. The molecule has 0 atom stereocenters. The Morgan fingerprint density at radius 3 is 2.55 bits per heavy atom. The highest BCUT2D eigenvalue weighted by molar-refractivity contribution is 7.13. The predicted molar refractivity (Wildman–Crippen MR) is 90.0 cm³/mol. The van der Waals surface area contributed by atoms with E-state index in [1.807, 2.05) is 41.8 Å². The highest BCUT2D eigenvalue weighted by Gasteiger charge is 2.12. The minimum atomic E-state index is 0.657. The van der Waals surface area contributed by atoms with E-state index in [2.05, 4.69) is 38.4 Å². The van der Waals surface area contributed by atoms with Gasteiger partial charge in [0.25, 0.3) is 0 Å². The van der Waals surface area contributed by atoms with E-state index in [9.17, 15) is 0 Å². The first-order chi connectivity index (χ1) is 10.9. The second-order valence-electron chi connectivity index (χ2n) is 4.77. The van der Waals surface area contributed by atoms with Crippen LogP contribution in [0, 0.1) is 0 Å². The standard InChI is InChI=1S/C17H12N4S/c1-2-6-12(7-3-1)15-16(20-21-17-18-10-11-22-17)13-8-4-5-9-14(13)19-15/h1-11,19H. The van der Waals surface area contributed by atoms with Crippen molar-refractivity contribution in [1.29, 1.82) is 0 Å². The van der Waals surface area contributed by atoms with Crippen LogP contribution in [0.15, 0.2) is 76.4 Å². The van der Waals surface area contributed by atoms with Gasteiger partial charge in [-0.3, -0.25) is 0 Å². The number of aromatic nitrogens is 2. The average Bonchev–Trinajstić information content (AvgIpc) is 3.21. The molecule has 5 heteroatoms. The Kier molecular flexibility index (Phi) is 3.25. The van der Waals surface area contributed by atoms with Crippen LogP contribution in [0.5, 0.6) is 0 Å². The molecule has 0 aliphatic rings. The van der Waals surface area contributed by atoms with Crippen molar-refractivity contribution in [1.82, 2.24) is 9.97 Å². The number of benzene rings is 2. The van der Waals surface area contributed by atoms with E-state index in [1.54, 1.807) is 6.20 Å². The van der Waals surface area contributed by atoms with Crippen LogP contribution in [-0.2, 0) is 0 Å². The summed E-state index contributed by atoms with van der Waals surface area (Å²) >= 11 is 1.47. The molecule has 0 amide bonds. The van der Waals surface area contributed by atoms with E-state index in [-0.39, 0.29) is 0 Å². The zero-order valence-electron chi connectivity index (χ0n) is 11.6. The first-order valence-corrected chi connectivity index (χ1v) is 7.77. The van der Waals surface area contributed by atoms with Crippen LogP contribution in [0.2, 0.25) is 0 Å². The van der Waals surface area contributed by atoms with Crippen molar-refractivity contribution in [2.24, 2.45) is 10.2 Å². The maximum atomic E-state index is 4.45. The Labute approximate surface area is 131 Å². The first kappa shape index (κ1) is 12.9. The lowest BCUT2D eigenvalue weighted by Gasteiger charge is -1.99. The molecule has 0 fully saturated rings. The maximum Gasteiger partial charge on any atom is 0.229 e. The zero-order chi connectivity index (χ0) is 14.8. The Bertz CT molecular complexity index is 924. The van der Waals surface area contributed by atoms with Crippen LogP contribution in [0.4, 0.5) is 10.8 Å². The fourth-order valence-corrected chi connectivity index (χ4v) is 2.86. The van der Waals surface area contributed by atoms with E-state index < -0.39 is 0 Å². The molecule has 0 bridgehead atoms. The minimum absolute atomic E-state index is 0.657. The summed E-state index contributed by atoms with van der Waals surface area (Å²) in [6, 6.07) is 18.3. The summed E-state index contributed by atoms with van der Waals surface area (Å²) in [4.78, 5) is 7.59. The third-order valence-corrected chi connectivity index (χ3v) is 4.05. The van der Waals surface area contributed by atoms with Gasteiger partial charge in [0, 0.05) is 28.0 Å². The van der Waals surface area contributed by atoms with E-state index in [1.165, 1.54) is 11.3 Å². The molecule has 1 N–H and O–H groups in total. The monoisotopic (exact) mass is 304 g/mol. The van der Waals surface area contributed by atoms with Gasteiger partial charge in [-0.25, -0.2) is 4.98 Å². The molecule has 0 radical (unpaired) electrons. The Morgan fingerprint density at radius 1 is 0.909 bits per heavy atom. The summed E-state index contributed by atoms with van der Waals surface area (Å²) in [5.74, 6) is 0. The molecule has 2 heterocycles. The molecule has 22 heavy (non-hydrogen) atoms. The molecule has 4 rings (SSSR count). The van der Waals surface area contributed by atoms with Crippen molar-refractivity contribution in [2.75, 3.05) is 0 Å². The summed E-state index contributed by atoms with van der Waals surface area (Å²) < 4.78 is 0. The molecule has 4 aromatic rings. The van der Waals surface area contributed by atoms with Gasteiger partial charge in [0.1, 0.15) is 5.69 Å². The molecule has 2 aromatic heterocycles. The number of nitrogens with one attached hydrogen (secondary N) is 1. The Balaban J connectivity index is 1.90. The fourth-order valence-electron chi connectivity index (χ4n) is 2.40. The fraction of sp³-hybridized carbons (Fsp3) is 0. The smallest absolute Gasteiger partial charge is 0.229 e. The Hall–Kier alpha value is -2.79. The molecule has 2 aromatic carbocycles. The van der Waals surface area contributed by atoms with Gasteiger partial charge in [-0.15, -0.1) is 21.6 Å². The Morgan fingerprint density at radius 2 is 1.73 bits per heavy atom. The number of thiazole rings is 1. The van der Waals surface area contributed by atoms with Crippen molar-refractivity contribution < 1.29 is 0 Å². The zero-order valence-corrected chi connectivity index (χ0v) is 12.4. The van der Waals surface area contributed by atoms with Crippen molar-refractivity contribution in [3.05, 3.63) is 66.2 Å². The summed E-state index contributed by atoms with van der Waals surface area (Å²) in [5, 5.41) is 12.3. The van der Waals surface area contributed by atoms with Crippen LogP contribution in [0.1, 0.15) is 0 Å². The number of aromatic amines is 1. The van der Waals surface area contributed by atoms with Crippen LogP contribution < -0.4 is 0 Å². The lowest BCUT2D eigenvalue weighted by Crippen LogP contribution is -1.76. The van der Waals surface area contributed by atoms with Crippen molar-refractivity contribution in [2.45, 2.75) is 0 Å². The van der Waals surface area contributed by atoms with Crippen LogP contribution in [0.25, 0.3) is 22.2 Å². The molecule has 0 saturated carbocycles. The number of H-pyrrole nitrogens is 1. The summed E-state index contributed by atoms with van der Waals surface area (Å²) in [6.45, 7) is 0. The maximum absolute atomic E-state index is 4.45. The van der Waals surface area contributed by atoms with Crippen molar-refractivity contribution in [3.8, 4) is 11.3 Å². The lowest BCUT2D eigenvalue weighted by molar-refractivity contribution is 1.20. The number of rotatable bonds is 3. The van der Waals surface area contributed by atoms with Gasteiger partial charge in [-0.2, -0.15) is 0 Å². The number of nitrogens with zero attached hydrogens (tertiary/aromatic N) is 3. The second-order valence-corrected chi connectivity index (χ2v) is 5.65. The number of para-hydroxylation sites is 1. The molecule has 0 saturated heterocycles. The number of fused-ring (bicyclic) bond motifs is 1. The van der Waals surface area contributed by atoms with Gasteiger partial charge in [0.2, 0.25) is 5.13 Å².